The van der Waals surface area contributed by atoms with E-state index in [4.69, 9.17) is 16.3 Å². The highest BCUT2D eigenvalue weighted by Crippen LogP contribution is 2.14. The third-order valence-corrected chi connectivity index (χ3v) is 1.68. The molecule has 0 aromatic carbocycles. The monoisotopic (exact) mass is 148 g/mol. The SMILES string of the molecule is O=C(Cl)C1CCCCO1. The Labute approximate surface area is 59.1 Å². The highest BCUT2D eigenvalue weighted by molar-refractivity contribution is 6.64. The van der Waals surface area contributed by atoms with E-state index in [1.807, 2.05) is 0 Å². The van der Waals surface area contributed by atoms with E-state index in [1.165, 1.54) is 0 Å². The highest BCUT2D eigenvalue weighted by atomic mass is 35.5. The molecule has 0 aliphatic carbocycles. The number of halogens is 1. The first kappa shape index (κ1) is 7.03. The van der Waals surface area contributed by atoms with Gasteiger partial charge in [0.15, 0.2) is 0 Å². The van der Waals surface area contributed by atoms with Crippen molar-refractivity contribution in [3.8, 4) is 0 Å². The zero-order valence-corrected chi connectivity index (χ0v) is 5.86. The second-order valence-electron chi connectivity index (χ2n) is 2.16. The molecule has 1 saturated heterocycles. The molecule has 1 fully saturated rings. The number of carbonyl (C=O) groups is 1. The van der Waals surface area contributed by atoms with Crippen LogP contribution in [-0.2, 0) is 9.53 Å². The summed E-state index contributed by atoms with van der Waals surface area (Å²) in [6.45, 7) is 0.684. The van der Waals surface area contributed by atoms with Crippen molar-refractivity contribution in [3.63, 3.8) is 0 Å². The van der Waals surface area contributed by atoms with Gasteiger partial charge >= 0.3 is 0 Å². The van der Waals surface area contributed by atoms with E-state index in [9.17, 15) is 4.79 Å². The van der Waals surface area contributed by atoms with Gasteiger partial charge in [-0.2, -0.15) is 0 Å². The predicted octanol–water partition coefficient (Wildman–Crippen LogP) is 1.32. The molecule has 9 heavy (non-hydrogen) atoms. The molecule has 1 rings (SSSR count). The van der Waals surface area contributed by atoms with Crippen LogP contribution in [0.3, 0.4) is 0 Å². The lowest BCUT2D eigenvalue weighted by Crippen LogP contribution is -2.24. The molecule has 1 aliphatic rings. The molecule has 0 saturated carbocycles. The van der Waals surface area contributed by atoms with Crippen molar-refractivity contribution in [2.45, 2.75) is 25.4 Å². The van der Waals surface area contributed by atoms with Gasteiger partial charge in [-0.05, 0) is 30.9 Å². The van der Waals surface area contributed by atoms with E-state index in [0.717, 1.165) is 19.3 Å². The van der Waals surface area contributed by atoms with Gasteiger partial charge in [-0.25, -0.2) is 0 Å². The van der Waals surface area contributed by atoms with Crippen LogP contribution in [0.1, 0.15) is 19.3 Å². The van der Waals surface area contributed by atoms with E-state index in [0.29, 0.717) is 6.61 Å². The van der Waals surface area contributed by atoms with Gasteiger partial charge in [0.25, 0.3) is 0 Å². The van der Waals surface area contributed by atoms with Gasteiger partial charge in [-0.3, -0.25) is 4.79 Å². The first-order chi connectivity index (χ1) is 4.30. The minimum atomic E-state index is -0.352. The van der Waals surface area contributed by atoms with Crippen LogP contribution < -0.4 is 0 Å². The molecule has 0 spiro atoms. The molecule has 2 nitrogen and oxygen atoms in total. The van der Waals surface area contributed by atoms with Crippen LogP contribution in [0.2, 0.25) is 0 Å². The number of hydrogen-bond acceptors (Lipinski definition) is 2. The van der Waals surface area contributed by atoms with E-state index >= 15 is 0 Å². The minimum absolute atomic E-state index is 0.319. The average molecular weight is 149 g/mol. The molecule has 0 N–H and O–H groups in total. The lowest BCUT2D eigenvalue weighted by molar-refractivity contribution is -0.124. The lowest BCUT2D eigenvalue weighted by Gasteiger charge is -2.18. The molecule has 0 aromatic heterocycles. The summed E-state index contributed by atoms with van der Waals surface area (Å²) in [6, 6.07) is 0. The van der Waals surface area contributed by atoms with Gasteiger partial charge in [-0.15, -0.1) is 0 Å². The summed E-state index contributed by atoms with van der Waals surface area (Å²) in [6.07, 6.45) is 2.59. The third kappa shape index (κ3) is 1.95. The van der Waals surface area contributed by atoms with Crippen molar-refractivity contribution < 1.29 is 9.53 Å². The molecule has 52 valence electrons. The maximum Gasteiger partial charge on any atom is 0.250 e. The van der Waals surface area contributed by atoms with Crippen molar-refractivity contribution in [3.05, 3.63) is 0 Å². The molecule has 0 aromatic rings. The van der Waals surface area contributed by atoms with E-state index in [1.54, 1.807) is 0 Å². The summed E-state index contributed by atoms with van der Waals surface area (Å²) in [4.78, 5) is 10.4. The quantitative estimate of drug-likeness (QED) is 0.525. The van der Waals surface area contributed by atoms with Gasteiger partial charge in [0.2, 0.25) is 5.24 Å². The number of rotatable bonds is 1. The van der Waals surface area contributed by atoms with Crippen LogP contribution in [0.5, 0.6) is 0 Å². The molecule has 1 aliphatic heterocycles. The van der Waals surface area contributed by atoms with Crippen LogP contribution in [0.25, 0.3) is 0 Å². The van der Waals surface area contributed by atoms with Crippen LogP contribution >= 0.6 is 11.6 Å². The Morgan fingerprint density at radius 2 is 2.33 bits per heavy atom. The van der Waals surface area contributed by atoms with Crippen LogP contribution in [0.15, 0.2) is 0 Å². The minimum Gasteiger partial charge on any atom is -0.369 e. The van der Waals surface area contributed by atoms with Gasteiger partial charge in [0.05, 0.1) is 0 Å². The molecule has 0 radical (unpaired) electrons. The third-order valence-electron chi connectivity index (χ3n) is 1.43. The first-order valence-corrected chi connectivity index (χ1v) is 3.49. The average Bonchev–Trinajstić information content (AvgIpc) is 1.90. The lowest BCUT2D eigenvalue weighted by atomic mass is 10.1. The summed E-state index contributed by atoms with van der Waals surface area (Å²) < 4.78 is 5.06. The molecule has 1 unspecified atom stereocenters. The van der Waals surface area contributed by atoms with E-state index in [-0.39, 0.29) is 11.3 Å². The standard InChI is InChI=1S/C6H9ClO2/c7-6(8)5-3-1-2-4-9-5/h5H,1-4H2. The van der Waals surface area contributed by atoms with Crippen molar-refractivity contribution >= 4 is 16.8 Å². The molecule has 3 heteroatoms. The van der Waals surface area contributed by atoms with Gasteiger partial charge in [-0.1, -0.05) is 0 Å². The van der Waals surface area contributed by atoms with Crippen molar-refractivity contribution in [2.24, 2.45) is 0 Å². The molecule has 0 amide bonds. The summed E-state index contributed by atoms with van der Waals surface area (Å²) in [5.41, 5.74) is 0. The zero-order chi connectivity index (χ0) is 6.69. The predicted molar refractivity (Wildman–Crippen MR) is 34.5 cm³/mol. The van der Waals surface area contributed by atoms with Gasteiger partial charge < -0.3 is 4.74 Å². The smallest absolute Gasteiger partial charge is 0.250 e. The van der Waals surface area contributed by atoms with Crippen molar-refractivity contribution in [1.82, 2.24) is 0 Å². The fourth-order valence-corrected chi connectivity index (χ4v) is 1.09. The Hall–Kier alpha value is -0.0800. The summed E-state index contributed by atoms with van der Waals surface area (Å²) in [5.74, 6) is 0. The maximum absolute atomic E-state index is 10.4. The van der Waals surface area contributed by atoms with Gasteiger partial charge in [0, 0.05) is 6.61 Å². The Balaban J connectivity index is 2.31. The van der Waals surface area contributed by atoms with Gasteiger partial charge in [0.1, 0.15) is 6.10 Å². The van der Waals surface area contributed by atoms with Crippen molar-refractivity contribution in [1.29, 1.82) is 0 Å². The molecular formula is C6H9ClO2. The number of hydrogen-bond donors (Lipinski definition) is 0. The Morgan fingerprint density at radius 3 is 2.67 bits per heavy atom. The largest absolute Gasteiger partial charge is 0.369 e. The Morgan fingerprint density at radius 1 is 1.56 bits per heavy atom. The number of carbonyl (C=O) groups excluding carboxylic acids is 1. The molecule has 1 heterocycles. The molecule has 0 bridgehead atoms. The fourth-order valence-electron chi connectivity index (χ4n) is 0.920. The summed E-state index contributed by atoms with van der Waals surface area (Å²) >= 11 is 5.19. The Bertz CT molecular complexity index is 108. The van der Waals surface area contributed by atoms with Crippen molar-refractivity contribution in [2.75, 3.05) is 6.61 Å². The van der Waals surface area contributed by atoms with Crippen LogP contribution in [-0.4, -0.2) is 18.0 Å². The van der Waals surface area contributed by atoms with Crippen LogP contribution in [0, 0.1) is 0 Å². The highest BCUT2D eigenvalue weighted by Gasteiger charge is 2.19. The number of ether oxygens (including phenoxy) is 1. The first-order valence-electron chi connectivity index (χ1n) is 3.11. The second kappa shape index (κ2) is 3.18. The second-order valence-corrected chi connectivity index (χ2v) is 2.53. The van der Waals surface area contributed by atoms with E-state index in [2.05, 4.69) is 0 Å². The zero-order valence-electron chi connectivity index (χ0n) is 5.10. The summed E-state index contributed by atoms with van der Waals surface area (Å²) in [5, 5.41) is -0.352. The van der Waals surface area contributed by atoms with E-state index < -0.39 is 0 Å². The molecule has 1 atom stereocenters. The maximum atomic E-state index is 10.4. The topological polar surface area (TPSA) is 26.3 Å². The molecular weight excluding hydrogens is 140 g/mol. The fraction of sp³-hybridized carbons (Fsp3) is 0.833. The Kier molecular flexibility index (Phi) is 2.49. The normalized spacial score (nSPS) is 27.9. The van der Waals surface area contributed by atoms with Crippen LogP contribution in [0.4, 0.5) is 0 Å². The summed E-state index contributed by atoms with van der Waals surface area (Å²) in [7, 11) is 0.